The van der Waals surface area contributed by atoms with Gasteiger partial charge in [0.05, 0.1) is 19.4 Å². The molecule has 21 heavy (non-hydrogen) atoms. The Balaban J connectivity index is 2.60. The summed E-state index contributed by atoms with van der Waals surface area (Å²) in [5, 5.41) is 0. The minimum absolute atomic E-state index is 0.0610. The Bertz CT molecular complexity index is 371. The molecule has 0 N–H and O–H groups in total. The van der Waals surface area contributed by atoms with E-state index in [1.54, 1.807) is 6.92 Å². The summed E-state index contributed by atoms with van der Waals surface area (Å²) >= 11 is 0. The highest BCUT2D eigenvalue weighted by Crippen LogP contribution is 2.40. The zero-order chi connectivity index (χ0) is 16.0. The second kappa shape index (κ2) is 7.66. The number of hydrogen-bond donors (Lipinski definition) is 0. The van der Waals surface area contributed by atoms with Crippen LogP contribution in [-0.2, 0) is 14.3 Å². The minimum Gasteiger partial charge on any atom is -0.469 e. The van der Waals surface area contributed by atoms with Crippen LogP contribution in [0.2, 0.25) is 0 Å². The molecule has 0 spiro atoms. The molecule has 4 nitrogen and oxygen atoms in total. The Morgan fingerprint density at radius 1 is 1.29 bits per heavy atom. The van der Waals surface area contributed by atoms with Crippen LogP contribution in [0.5, 0.6) is 0 Å². The van der Waals surface area contributed by atoms with Crippen LogP contribution in [0.4, 0.5) is 13.2 Å². The van der Waals surface area contributed by atoms with E-state index in [0.717, 1.165) is 0 Å². The van der Waals surface area contributed by atoms with Gasteiger partial charge in [0.1, 0.15) is 0 Å². The van der Waals surface area contributed by atoms with Gasteiger partial charge in [-0.1, -0.05) is 6.42 Å². The van der Waals surface area contributed by atoms with E-state index in [2.05, 4.69) is 4.74 Å². The first kappa shape index (κ1) is 17.8. The van der Waals surface area contributed by atoms with Gasteiger partial charge in [0.15, 0.2) is 0 Å². The van der Waals surface area contributed by atoms with E-state index >= 15 is 0 Å². The van der Waals surface area contributed by atoms with E-state index in [0.29, 0.717) is 19.4 Å². The average Bonchev–Trinajstić information content (AvgIpc) is 2.46. The summed E-state index contributed by atoms with van der Waals surface area (Å²) in [5.41, 5.74) is 0. The molecule has 0 aromatic rings. The van der Waals surface area contributed by atoms with Gasteiger partial charge in [0.2, 0.25) is 5.91 Å². The van der Waals surface area contributed by atoms with E-state index in [1.807, 2.05) is 0 Å². The lowest BCUT2D eigenvalue weighted by Crippen LogP contribution is -2.41. The zero-order valence-corrected chi connectivity index (χ0v) is 12.4. The third-order valence-corrected chi connectivity index (χ3v) is 3.99. The topological polar surface area (TPSA) is 46.6 Å². The summed E-state index contributed by atoms with van der Waals surface area (Å²) in [5.74, 6) is -2.70. The summed E-state index contributed by atoms with van der Waals surface area (Å²) in [6.45, 7) is 2.32. The molecule has 0 aromatic carbocycles. The standard InChI is InChI=1S/C14H22F3NO3/c1-3-18(8-7-12(19)21-2)13(20)10-5-4-6-11(9-10)14(15,16)17/h10-11H,3-9H2,1-2H3. The van der Waals surface area contributed by atoms with Gasteiger partial charge in [-0.3, -0.25) is 9.59 Å². The van der Waals surface area contributed by atoms with Crippen molar-refractivity contribution in [3.05, 3.63) is 0 Å². The van der Waals surface area contributed by atoms with Crippen LogP contribution in [0, 0.1) is 11.8 Å². The van der Waals surface area contributed by atoms with Crippen LogP contribution >= 0.6 is 0 Å². The molecule has 2 atom stereocenters. The van der Waals surface area contributed by atoms with E-state index < -0.39 is 24.0 Å². The molecule has 1 amide bonds. The van der Waals surface area contributed by atoms with E-state index in [-0.39, 0.29) is 31.7 Å². The molecular weight excluding hydrogens is 287 g/mol. The first-order chi connectivity index (χ1) is 9.79. The third kappa shape index (κ3) is 5.21. The maximum absolute atomic E-state index is 12.8. The molecule has 0 radical (unpaired) electrons. The first-order valence-electron chi connectivity index (χ1n) is 7.21. The van der Waals surface area contributed by atoms with E-state index in [4.69, 9.17) is 0 Å². The number of carbonyl (C=O) groups is 2. The van der Waals surface area contributed by atoms with Crippen molar-refractivity contribution in [2.24, 2.45) is 11.8 Å². The maximum Gasteiger partial charge on any atom is 0.391 e. The van der Waals surface area contributed by atoms with Gasteiger partial charge in [0, 0.05) is 19.0 Å². The van der Waals surface area contributed by atoms with Crippen LogP contribution in [0.25, 0.3) is 0 Å². The number of amides is 1. The molecule has 0 heterocycles. The molecule has 1 fully saturated rings. The quantitative estimate of drug-likeness (QED) is 0.734. The van der Waals surface area contributed by atoms with Gasteiger partial charge < -0.3 is 9.64 Å². The Kier molecular flexibility index (Phi) is 6.48. The fraction of sp³-hybridized carbons (Fsp3) is 0.857. The Hall–Kier alpha value is -1.27. The smallest absolute Gasteiger partial charge is 0.391 e. The number of ether oxygens (including phenoxy) is 1. The molecule has 1 aliphatic rings. The predicted octanol–water partition coefficient (Wildman–Crippen LogP) is 2.77. The first-order valence-corrected chi connectivity index (χ1v) is 7.21. The van der Waals surface area contributed by atoms with Crippen LogP contribution in [0.15, 0.2) is 0 Å². The molecule has 1 aliphatic carbocycles. The molecule has 0 saturated heterocycles. The molecular formula is C14H22F3NO3. The van der Waals surface area contributed by atoms with Gasteiger partial charge in [-0.05, 0) is 26.2 Å². The van der Waals surface area contributed by atoms with Gasteiger partial charge in [0.25, 0.3) is 0 Å². The maximum atomic E-state index is 12.8. The van der Waals surface area contributed by atoms with Crippen molar-refractivity contribution in [2.75, 3.05) is 20.2 Å². The van der Waals surface area contributed by atoms with E-state index in [1.165, 1.54) is 12.0 Å². The van der Waals surface area contributed by atoms with Crippen LogP contribution in [0.1, 0.15) is 39.0 Å². The Labute approximate surface area is 122 Å². The van der Waals surface area contributed by atoms with Crippen LogP contribution in [0.3, 0.4) is 0 Å². The number of nitrogens with zero attached hydrogens (tertiary/aromatic N) is 1. The number of alkyl halides is 3. The van der Waals surface area contributed by atoms with E-state index in [9.17, 15) is 22.8 Å². The second-order valence-electron chi connectivity index (χ2n) is 5.35. The molecule has 0 aliphatic heterocycles. The largest absolute Gasteiger partial charge is 0.469 e. The lowest BCUT2D eigenvalue weighted by atomic mass is 9.80. The van der Waals surface area contributed by atoms with Crippen LogP contribution < -0.4 is 0 Å². The van der Waals surface area contributed by atoms with Crippen molar-refractivity contribution in [1.82, 2.24) is 4.90 Å². The summed E-state index contributed by atoms with van der Waals surface area (Å²) in [7, 11) is 1.26. The normalized spacial score (nSPS) is 22.7. The van der Waals surface area contributed by atoms with Crippen molar-refractivity contribution in [2.45, 2.75) is 45.2 Å². The summed E-state index contributed by atoms with van der Waals surface area (Å²) < 4.78 is 42.8. The highest BCUT2D eigenvalue weighted by Gasteiger charge is 2.44. The number of rotatable bonds is 5. The molecule has 0 aromatic heterocycles. The van der Waals surface area contributed by atoms with Crippen molar-refractivity contribution >= 4 is 11.9 Å². The molecule has 7 heteroatoms. The second-order valence-corrected chi connectivity index (χ2v) is 5.35. The SMILES string of the molecule is CCN(CCC(=O)OC)C(=O)C1CCCC(C(F)(F)F)C1. The molecule has 122 valence electrons. The fourth-order valence-electron chi connectivity index (χ4n) is 2.72. The lowest BCUT2D eigenvalue weighted by Gasteiger charge is -2.33. The van der Waals surface area contributed by atoms with Gasteiger partial charge in [-0.15, -0.1) is 0 Å². The molecule has 1 rings (SSSR count). The van der Waals surface area contributed by atoms with Crippen molar-refractivity contribution < 1.29 is 27.5 Å². The van der Waals surface area contributed by atoms with Gasteiger partial charge >= 0.3 is 12.1 Å². The number of carbonyl (C=O) groups excluding carboxylic acids is 2. The van der Waals surface area contributed by atoms with Crippen molar-refractivity contribution in [3.63, 3.8) is 0 Å². The van der Waals surface area contributed by atoms with Crippen molar-refractivity contribution in [3.8, 4) is 0 Å². The predicted molar refractivity (Wildman–Crippen MR) is 70.4 cm³/mol. The number of methoxy groups -OCH3 is 1. The lowest BCUT2D eigenvalue weighted by molar-refractivity contribution is -0.187. The number of esters is 1. The monoisotopic (exact) mass is 309 g/mol. The van der Waals surface area contributed by atoms with Gasteiger partial charge in [-0.25, -0.2) is 0 Å². The highest BCUT2D eigenvalue weighted by atomic mass is 19.4. The zero-order valence-electron chi connectivity index (χ0n) is 12.4. The third-order valence-electron chi connectivity index (χ3n) is 3.99. The number of hydrogen-bond acceptors (Lipinski definition) is 3. The Morgan fingerprint density at radius 3 is 2.48 bits per heavy atom. The van der Waals surface area contributed by atoms with Crippen LogP contribution in [-0.4, -0.2) is 43.2 Å². The molecule has 0 bridgehead atoms. The van der Waals surface area contributed by atoms with Gasteiger partial charge in [-0.2, -0.15) is 13.2 Å². The number of halogens is 3. The highest BCUT2D eigenvalue weighted by molar-refractivity contribution is 5.79. The summed E-state index contributed by atoms with van der Waals surface area (Å²) in [6, 6.07) is 0. The fourth-order valence-corrected chi connectivity index (χ4v) is 2.72. The van der Waals surface area contributed by atoms with Crippen molar-refractivity contribution in [1.29, 1.82) is 0 Å². The molecule has 1 saturated carbocycles. The average molecular weight is 309 g/mol. The minimum atomic E-state index is -4.23. The Morgan fingerprint density at radius 2 is 1.95 bits per heavy atom. The summed E-state index contributed by atoms with van der Waals surface area (Å²) in [6.07, 6.45) is -3.32. The molecule has 2 unspecified atom stereocenters. The summed E-state index contributed by atoms with van der Waals surface area (Å²) in [4.78, 5) is 24.9.